The first-order chi connectivity index (χ1) is 7.13. The van der Waals surface area contributed by atoms with E-state index in [1.165, 1.54) is 0 Å². The molecule has 0 atom stereocenters. The fourth-order valence-electron chi connectivity index (χ4n) is 2.01. The molecule has 1 saturated carbocycles. The zero-order valence-electron chi connectivity index (χ0n) is 9.49. The van der Waals surface area contributed by atoms with Crippen molar-refractivity contribution in [2.24, 2.45) is 5.41 Å². The molecule has 3 heteroatoms. The normalized spacial score (nSPS) is 18.4. The van der Waals surface area contributed by atoms with Gasteiger partial charge in [-0.2, -0.15) is 0 Å². The van der Waals surface area contributed by atoms with Crippen molar-refractivity contribution in [2.75, 3.05) is 20.2 Å². The molecule has 1 aliphatic rings. The van der Waals surface area contributed by atoms with Crippen LogP contribution in [0.5, 0.6) is 0 Å². The SMILES string of the molecule is Cc1ccc(CN(C)CC2(CO)CC2)o1. The third-order valence-corrected chi connectivity index (χ3v) is 3.12. The molecule has 0 bridgehead atoms. The van der Waals surface area contributed by atoms with Crippen molar-refractivity contribution in [1.82, 2.24) is 4.90 Å². The smallest absolute Gasteiger partial charge is 0.118 e. The first-order valence-electron chi connectivity index (χ1n) is 5.48. The molecule has 3 nitrogen and oxygen atoms in total. The van der Waals surface area contributed by atoms with Gasteiger partial charge in [0.2, 0.25) is 0 Å². The van der Waals surface area contributed by atoms with Crippen LogP contribution in [0.1, 0.15) is 24.4 Å². The molecule has 1 fully saturated rings. The number of aliphatic hydroxyl groups is 1. The van der Waals surface area contributed by atoms with E-state index in [-0.39, 0.29) is 5.41 Å². The van der Waals surface area contributed by atoms with Gasteiger partial charge in [-0.1, -0.05) is 0 Å². The minimum atomic E-state index is 0.191. The van der Waals surface area contributed by atoms with Gasteiger partial charge in [0, 0.05) is 18.6 Å². The fourth-order valence-corrected chi connectivity index (χ4v) is 2.01. The number of rotatable bonds is 5. The maximum atomic E-state index is 9.23. The van der Waals surface area contributed by atoms with E-state index < -0.39 is 0 Å². The van der Waals surface area contributed by atoms with Gasteiger partial charge in [-0.25, -0.2) is 0 Å². The quantitative estimate of drug-likeness (QED) is 0.803. The summed E-state index contributed by atoms with van der Waals surface area (Å²) in [5.41, 5.74) is 0.191. The van der Waals surface area contributed by atoms with Gasteiger partial charge < -0.3 is 9.52 Å². The Kier molecular flexibility index (Phi) is 2.85. The molecule has 0 spiro atoms. The standard InChI is InChI=1S/C12H19NO2/c1-10-3-4-11(15-10)7-13(2)8-12(9-14)5-6-12/h3-4,14H,5-9H2,1-2H3. The average Bonchev–Trinajstić information content (AvgIpc) is 2.84. The average molecular weight is 209 g/mol. The van der Waals surface area contributed by atoms with Crippen molar-refractivity contribution in [3.63, 3.8) is 0 Å². The Labute approximate surface area is 90.7 Å². The van der Waals surface area contributed by atoms with Crippen molar-refractivity contribution >= 4 is 0 Å². The van der Waals surface area contributed by atoms with Gasteiger partial charge >= 0.3 is 0 Å². The molecule has 1 aromatic rings. The number of furan rings is 1. The summed E-state index contributed by atoms with van der Waals surface area (Å²) in [5.74, 6) is 1.96. The number of aryl methyl sites for hydroxylation is 1. The molecule has 0 radical (unpaired) electrons. The summed E-state index contributed by atoms with van der Waals surface area (Å²) in [5, 5.41) is 9.23. The topological polar surface area (TPSA) is 36.6 Å². The van der Waals surface area contributed by atoms with Crippen molar-refractivity contribution in [2.45, 2.75) is 26.3 Å². The molecule has 0 aromatic carbocycles. The Morgan fingerprint density at radius 3 is 2.67 bits per heavy atom. The van der Waals surface area contributed by atoms with E-state index in [1.807, 2.05) is 19.1 Å². The molecule has 15 heavy (non-hydrogen) atoms. The van der Waals surface area contributed by atoms with Crippen LogP contribution in [-0.2, 0) is 6.54 Å². The molecule has 0 unspecified atom stereocenters. The molecule has 1 heterocycles. The summed E-state index contributed by atoms with van der Waals surface area (Å²) in [6.07, 6.45) is 2.32. The van der Waals surface area contributed by atoms with Crippen molar-refractivity contribution in [3.05, 3.63) is 23.7 Å². The summed E-state index contributed by atoms with van der Waals surface area (Å²) >= 11 is 0. The zero-order chi connectivity index (χ0) is 10.9. The second kappa shape index (κ2) is 3.99. The molecule has 1 aromatic heterocycles. The Morgan fingerprint density at radius 2 is 2.20 bits per heavy atom. The van der Waals surface area contributed by atoms with Crippen LogP contribution < -0.4 is 0 Å². The molecule has 1 aliphatic carbocycles. The number of hydrogen-bond donors (Lipinski definition) is 1. The van der Waals surface area contributed by atoms with E-state index in [2.05, 4.69) is 11.9 Å². The summed E-state index contributed by atoms with van der Waals surface area (Å²) in [6, 6.07) is 4.01. The minimum absolute atomic E-state index is 0.191. The lowest BCUT2D eigenvalue weighted by molar-refractivity contribution is 0.156. The highest BCUT2D eigenvalue weighted by molar-refractivity contribution is 5.05. The minimum Gasteiger partial charge on any atom is -0.465 e. The second-order valence-corrected chi connectivity index (χ2v) is 4.84. The van der Waals surface area contributed by atoms with E-state index in [1.54, 1.807) is 0 Å². The molecule has 0 amide bonds. The zero-order valence-corrected chi connectivity index (χ0v) is 9.49. The van der Waals surface area contributed by atoms with Gasteiger partial charge in [0.25, 0.3) is 0 Å². The van der Waals surface area contributed by atoms with E-state index in [0.29, 0.717) is 6.61 Å². The number of hydrogen-bond acceptors (Lipinski definition) is 3. The van der Waals surface area contributed by atoms with Crippen molar-refractivity contribution in [3.8, 4) is 0 Å². The lowest BCUT2D eigenvalue weighted by Gasteiger charge is -2.20. The van der Waals surface area contributed by atoms with Crippen LogP contribution in [0.2, 0.25) is 0 Å². The van der Waals surface area contributed by atoms with Crippen LogP contribution in [0.4, 0.5) is 0 Å². The van der Waals surface area contributed by atoms with Gasteiger partial charge in [0.05, 0.1) is 6.54 Å². The Morgan fingerprint density at radius 1 is 1.47 bits per heavy atom. The van der Waals surface area contributed by atoms with Gasteiger partial charge in [-0.15, -0.1) is 0 Å². The highest BCUT2D eigenvalue weighted by atomic mass is 16.3. The van der Waals surface area contributed by atoms with Gasteiger partial charge in [0.1, 0.15) is 11.5 Å². The largest absolute Gasteiger partial charge is 0.465 e. The Hall–Kier alpha value is -0.800. The third-order valence-electron chi connectivity index (χ3n) is 3.12. The number of aliphatic hydroxyl groups excluding tert-OH is 1. The summed E-state index contributed by atoms with van der Waals surface area (Å²) < 4.78 is 5.52. The number of nitrogens with zero attached hydrogens (tertiary/aromatic N) is 1. The van der Waals surface area contributed by atoms with Crippen LogP contribution in [0.15, 0.2) is 16.5 Å². The van der Waals surface area contributed by atoms with Crippen molar-refractivity contribution < 1.29 is 9.52 Å². The van der Waals surface area contributed by atoms with Crippen LogP contribution in [0.25, 0.3) is 0 Å². The summed E-state index contributed by atoms with van der Waals surface area (Å²) in [6.45, 7) is 4.06. The first-order valence-corrected chi connectivity index (χ1v) is 5.48. The van der Waals surface area contributed by atoms with Gasteiger partial charge in [0.15, 0.2) is 0 Å². The predicted molar refractivity (Wildman–Crippen MR) is 58.5 cm³/mol. The highest BCUT2D eigenvalue weighted by Crippen LogP contribution is 2.45. The lowest BCUT2D eigenvalue weighted by atomic mass is 10.1. The molecule has 0 saturated heterocycles. The van der Waals surface area contributed by atoms with E-state index in [0.717, 1.165) is 37.5 Å². The summed E-state index contributed by atoms with van der Waals surface area (Å²) in [7, 11) is 2.08. The molecular formula is C12H19NO2. The fraction of sp³-hybridized carbons (Fsp3) is 0.667. The van der Waals surface area contributed by atoms with E-state index in [9.17, 15) is 5.11 Å². The highest BCUT2D eigenvalue weighted by Gasteiger charge is 2.42. The molecular weight excluding hydrogens is 190 g/mol. The maximum Gasteiger partial charge on any atom is 0.118 e. The van der Waals surface area contributed by atoms with Gasteiger partial charge in [-0.3, -0.25) is 4.90 Å². The van der Waals surface area contributed by atoms with Crippen molar-refractivity contribution in [1.29, 1.82) is 0 Å². The first kappa shape index (κ1) is 10.7. The van der Waals surface area contributed by atoms with E-state index >= 15 is 0 Å². The molecule has 2 rings (SSSR count). The summed E-state index contributed by atoms with van der Waals surface area (Å²) in [4.78, 5) is 2.22. The predicted octanol–water partition coefficient (Wildman–Crippen LogP) is 1.79. The second-order valence-electron chi connectivity index (χ2n) is 4.84. The third kappa shape index (κ3) is 2.61. The van der Waals surface area contributed by atoms with Crippen LogP contribution in [0.3, 0.4) is 0 Å². The Bertz CT molecular complexity index is 328. The van der Waals surface area contributed by atoms with Crippen LogP contribution in [0, 0.1) is 12.3 Å². The van der Waals surface area contributed by atoms with E-state index in [4.69, 9.17) is 4.42 Å². The monoisotopic (exact) mass is 209 g/mol. The lowest BCUT2D eigenvalue weighted by Crippen LogP contribution is -2.28. The van der Waals surface area contributed by atoms with Crippen LogP contribution in [-0.4, -0.2) is 30.2 Å². The molecule has 1 N–H and O–H groups in total. The maximum absolute atomic E-state index is 9.23. The molecule has 84 valence electrons. The Balaban J connectivity index is 1.84. The van der Waals surface area contributed by atoms with Gasteiger partial charge in [-0.05, 0) is 38.9 Å². The molecule has 0 aliphatic heterocycles. The van der Waals surface area contributed by atoms with Crippen LogP contribution >= 0.6 is 0 Å².